The van der Waals surface area contributed by atoms with E-state index in [1.807, 2.05) is 74.5 Å². The fraction of sp³-hybridized carbons (Fsp3) is 0.273. The van der Waals surface area contributed by atoms with E-state index in [2.05, 4.69) is 36.6 Å². The minimum absolute atomic E-state index is 0.0379. The topological polar surface area (TPSA) is 58.2 Å². The standard InChI is InChI=1S/C33H34N2O2S2/c1-20(24-12-7-5-8-13-24)34-32(36)30-18-28(22(3)38-30)26-16-11-17-27(26)29-19-31(39-23(29)4)33(37)35-21(2)25-14-9-6-10-15-25/h5-10,12-15,18-21H,11,16-17H2,1-4H3,(H,34,36)(H,35,37). The second-order valence-electron chi connectivity index (χ2n) is 10.2. The van der Waals surface area contributed by atoms with Gasteiger partial charge in [-0.2, -0.15) is 0 Å². The van der Waals surface area contributed by atoms with E-state index < -0.39 is 0 Å². The Morgan fingerprint density at radius 1 is 0.667 bits per heavy atom. The number of carbonyl (C=O) groups is 2. The van der Waals surface area contributed by atoms with Gasteiger partial charge in [0.1, 0.15) is 0 Å². The van der Waals surface area contributed by atoms with E-state index in [1.165, 1.54) is 22.3 Å². The summed E-state index contributed by atoms with van der Waals surface area (Å²) in [6.45, 7) is 8.23. The van der Waals surface area contributed by atoms with Gasteiger partial charge in [-0.3, -0.25) is 9.59 Å². The van der Waals surface area contributed by atoms with E-state index in [1.54, 1.807) is 22.7 Å². The Morgan fingerprint density at radius 2 is 1.05 bits per heavy atom. The molecule has 2 aromatic heterocycles. The van der Waals surface area contributed by atoms with E-state index in [4.69, 9.17) is 0 Å². The molecule has 1 aliphatic carbocycles. The molecule has 2 aromatic carbocycles. The fourth-order valence-electron chi connectivity index (χ4n) is 5.31. The van der Waals surface area contributed by atoms with Crippen molar-refractivity contribution in [3.8, 4) is 0 Å². The minimum Gasteiger partial charge on any atom is -0.345 e. The summed E-state index contributed by atoms with van der Waals surface area (Å²) in [5.41, 5.74) is 7.13. The third-order valence-electron chi connectivity index (χ3n) is 7.45. The number of nitrogens with one attached hydrogen (secondary N) is 2. The summed E-state index contributed by atoms with van der Waals surface area (Å²) in [5, 5.41) is 6.30. The predicted octanol–water partition coefficient (Wildman–Crippen LogP) is 8.50. The Hall–Kier alpha value is -3.48. The summed E-state index contributed by atoms with van der Waals surface area (Å²) in [4.78, 5) is 30.0. The van der Waals surface area contributed by atoms with Gasteiger partial charge in [-0.05, 0) is 92.5 Å². The van der Waals surface area contributed by atoms with Crippen LogP contribution in [0.25, 0.3) is 11.1 Å². The quantitative estimate of drug-likeness (QED) is 0.229. The summed E-state index contributed by atoms with van der Waals surface area (Å²) in [5.74, 6) is -0.0758. The van der Waals surface area contributed by atoms with Crippen molar-refractivity contribution in [3.05, 3.63) is 115 Å². The summed E-state index contributed by atoms with van der Waals surface area (Å²) in [7, 11) is 0. The van der Waals surface area contributed by atoms with Gasteiger partial charge >= 0.3 is 0 Å². The minimum atomic E-state index is -0.0616. The molecule has 6 heteroatoms. The molecule has 0 saturated carbocycles. The van der Waals surface area contributed by atoms with Crippen LogP contribution in [0.15, 0.2) is 72.8 Å². The number of hydrogen-bond acceptors (Lipinski definition) is 4. The second-order valence-corrected chi connectivity index (χ2v) is 12.7. The number of hydrogen-bond donors (Lipinski definition) is 2. The van der Waals surface area contributed by atoms with Crippen LogP contribution in [0.4, 0.5) is 0 Å². The maximum Gasteiger partial charge on any atom is 0.261 e. The van der Waals surface area contributed by atoms with E-state index in [0.717, 1.165) is 49.9 Å². The van der Waals surface area contributed by atoms with Crippen LogP contribution in [-0.2, 0) is 0 Å². The van der Waals surface area contributed by atoms with Gasteiger partial charge in [0.15, 0.2) is 0 Å². The van der Waals surface area contributed by atoms with Gasteiger partial charge < -0.3 is 10.6 Å². The molecular weight excluding hydrogens is 521 g/mol. The van der Waals surface area contributed by atoms with Gasteiger partial charge in [-0.25, -0.2) is 0 Å². The number of thiophene rings is 2. The lowest BCUT2D eigenvalue weighted by Crippen LogP contribution is -2.25. The molecule has 200 valence electrons. The molecule has 4 aromatic rings. The maximum atomic E-state index is 13.1. The molecule has 5 rings (SSSR count). The average molecular weight is 555 g/mol. The van der Waals surface area contributed by atoms with E-state index >= 15 is 0 Å². The monoisotopic (exact) mass is 554 g/mol. The molecule has 0 aliphatic heterocycles. The number of allylic oxidation sites excluding steroid dienone is 2. The third-order valence-corrected chi connectivity index (χ3v) is 9.54. The number of carbonyl (C=O) groups excluding carboxylic acids is 2. The highest BCUT2D eigenvalue weighted by Gasteiger charge is 2.25. The van der Waals surface area contributed by atoms with Crippen LogP contribution >= 0.6 is 22.7 Å². The molecule has 0 bridgehead atoms. The first-order chi connectivity index (χ1) is 18.8. The highest BCUT2D eigenvalue weighted by Crippen LogP contribution is 2.45. The zero-order valence-electron chi connectivity index (χ0n) is 22.8. The largest absolute Gasteiger partial charge is 0.345 e. The zero-order chi connectivity index (χ0) is 27.5. The van der Waals surface area contributed by atoms with Gasteiger partial charge in [0, 0.05) is 9.75 Å². The summed E-state index contributed by atoms with van der Waals surface area (Å²) >= 11 is 3.11. The van der Waals surface area contributed by atoms with Crippen molar-refractivity contribution in [1.29, 1.82) is 0 Å². The smallest absolute Gasteiger partial charge is 0.261 e. The van der Waals surface area contributed by atoms with Gasteiger partial charge in [0.05, 0.1) is 21.8 Å². The van der Waals surface area contributed by atoms with Crippen molar-refractivity contribution in [2.24, 2.45) is 0 Å². The van der Waals surface area contributed by atoms with Crippen LogP contribution in [0.1, 0.15) is 96.5 Å². The molecule has 39 heavy (non-hydrogen) atoms. The number of aryl methyl sites for hydroxylation is 2. The normalized spacial score (nSPS) is 14.8. The number of benzene rings is 2. The molecular formula is C33H34N2O2S2. The van der Waals surface area contributed by atoms with Crippen molar-refractivity contribution in [2.45, 2.75) is 59.0 Å². The lowest BCUT2D eigenvalue weighted by atomic mass is 9.97. The van der Waals surface area contributed by atoms with Crippen LogP contribution in [0.3, 0.4) is 0 Å². The van der Waals surface area contributed by atoms with Gasteiger partial charge in [0.25, 0.3) is 11.8 Å². The summed E-state index contributed by atoms with van der Waals surface area (Å²) < 4.78 is 0. The molecule has 2 atom stereocenters. The Labute approximate surface area is 238 Å². The van der Waals surface area contributed by atoms with E-state index in [-0.39, 0.29) is 23.9 Å². The molecule has 4 nitrogen and oxygen atoms in total. The van der Waals surface area contributed by atoms with Crippen LogP contribution in [0.2, 0.25) is 0 Å². The molecule has 0 spiro atoms. The van der Waals surface area contributed by atoms with Crippen molar-refractivity contribution < 1.29 is 9.59 Å². The van der Waals surface area contributed by atoms with Crippen molar-refractivity contribution in [2.75, 3.05) is 0 Å². The van der Waals surface area contributed by atoms with Crippen molar-refractivity contribution >= 4 is 45.6 Å². The highest BCUT2D eigenvalue weighted by atomic mass is 32.1. The van der Waals surface area contributed by atoms with Crippen molar-refractivity contribution in [1.82, 2.24) is 10.6 Å². The van der Waals surface area contributed by atoms with Crippen LogP contribution in [0, 0.1) is 13.8 Å². The zero-order valence-corrected chi connectivity index (χ0v) is 24.5. The summed E-state index contributed by atoms with van der Waals surface area (Å²) in [6.07, 6.45) is 3.04. The van der Waals surface area contributed by atoms with Gasteiger partial charge in [-0.15, -0.1) is 22.7 Å². The molecule has 0 fully saturated rings. The average Bonchev–Trinajstić information content (AvgIpc) is 3.67. The van der Waals surface area contributed by atoms with Crippen molar-refractivity contribution in [3.63, 3.8) is 0 Å². The van der Waals surface area contributed by atoms with E-state index in [0.29, 0.717) is 0 Å². The van der Waals surface area contributed by atoms with Crippen LogP contribution < -0.4 is 10.6 Å². The van der Waals surface area contributed by atoms with Gasteiger partial charge in [-0.1, -0.05) is 60.7 Å². The maximum absolute atomic E-state index is 13.1. The Kier molecular flexibility index (Phi) is 8.15. The lowest BCUT2D eigenvalue weighted by molar-refractivity contribution is 0.0935. The molecule has 1 aliphatic rings. The third kappa shape index (κ3) is 5.92. The van der Waals surface area contributed by atoms with Crippen LogP contribution in [-0.4, -0.2) is 11.8 Å². The Morgan fingerprint density at radius 3 is 1.44 bits per heavy atom. The SMILES string of the molecule is Cc1sc(C(=O)NC(C)c2ccccc2)cc1C1=C(c2cc(C(=O)NC(C)c3ccccc3)sc2C)CCC1. The number of rotatable bonds is 8. The second kappa shape index (κ2) is 11.7. The molecule has 0 saturated heterocycles. The van der Waals surface area contributed by atoms with E-state index in [9.17, 15) is 9.59 Å². The van der Waals surface area contributed by atoms with Crippen LogP contribution in [0.5, 0.6) is 0 Å². The lowest BCUT2D eigenvalue weighted by Gasteiger charge is -2.13. The first-order valence-corrected chi connectivity index (χ1v) is 15.1. The number of amides is 2. The first-order valence-electron chi connectivity index (χ1n) is 13.5. The molecule has 2 amide bonds. The molecule has 2 unspecified atom stereocenters. The molecule has 2 N–H and O–H groups in total. The highest BCUT2D eigenvalue weighted by molar-refractivity contribution is 7.14. The molecule has 0 radical (unpaired) electrons. The Balaban J connectivity index is 1.36. The first kappa shape index (κ1) is 27.1. The fourth-order valence-corrected chi connectivity index (χ4v) is 7.21. The molecule has 2 heterocycles. The summed E-state index contributed by atoms with van der Waals surface area (Å²) in [6, 6.07) is 24.1. The predicted molar refractivity (Wildman–Crippen MR) is 163 cm³/mol. The van der Waals surface area contributed by atoms with Gasteiger partial charge in [0.2, 0.25) is 0 Å². The Bertz CT molecular complexity index is 1400.